The Balaban J connectivity index is 1.76. The number of fused-ring (bicyclic) bond motifs is 1. The number of hydrogen-bond donors (Lipinski definition) is 2. The summed E-state index contributed by atoms with van der Waals surface area (Å²) in [7, 11) is 0. The molecule has 0 aliphatic carbocycles. The van der Waals surface area contributed by atoms with Crippen LogP contribution >= 0.6 is 11.6 Å². The Morgan fingerprint density at radius 1 is 1.03 bits per heavy atom. The molecule has 2 aromatic heterocycles. The maximum Gasteiger partial charge on any atom is 0.405 e. The van der Waals surface area contributed by atoms with Crippen molar-refractivity contribution in [1.29, 1.82) is 0 Å². The molecule has 0 aliphatic rings. The Morgan fingerprint density at radius 3 is 2.59 bits per heavy atom. The Hall–Kier alpha value is -3.72. The van der Waals surface area contributed by atoms with E-state index in [1.54, 1.807) is 60.9 Å². The van der Waals surface area contributed by atoms with Crippen LogP contribution in [0.25, 0.3) is 22.3 Å². The molecule has 0 bridgehead atoms. The Morgan fingerprint density at radius 2 is 1.84 bits per heavy atom. The highest BCUT2D eigenvalue weighted by Crippen LogP contribution is 2.30. The van der Waals surface area contributed by atoms with Gasteiger partial charge in [0.1, 0.15) is 12.4 Å². The van der Waals surface area contributed by atoms with Gasteiger partial charge in [-0.2, -0.15) is 13.2 Å². The summed E-state index contributed by atoms with van der Waals surface area (Å²) in [6.07, 6.45) is -1.28. The second-order valence-electron chi connectivity index (χ2n) is 6.77. The molecule has 0 atom stereocenters. The van der Waals surface area contributed by atoms with E-state index in [9.17, 15) is 18.0 Å². The van der Waals surface area contributed by atoms with Crippen molar-refractivity contribution < 1.29 is 18.0 Å². The normalized spacial score (nSPS) is 11.4. The molecule has 2 heterocycles. The lowest BCUT2D eigenvalue weighted by molar-refractivity contribution is -0.123. The standard InChI is InChI=1S/C22H15ClF3N5O/c23-14-7-8-18-16(10-14)20(31-19(29-18)13-4-3-9-27-11-13)30-17-6-2-1-5-15(17)21(32)28-12-22(24,25)26/h1-11H,12H2,(H,28,32)(H,29,30,31). The van der Waals surface area contributed by atoms with Gasteiger partial charge in [-0.25, -0.2) is 9.97 Å². The monoisotopic (exact) mass is 457 g/mol. The van der Waals surface area contributed by atoms with Crippen LogP contribution in [0.15, 0.2) is 67.0 Å². The van der Waals surface area contributed by atoms with Gasteiger partial charge in [-0.1, -0.05) is 23.7 Å². The zero-order valence-corrected chi connectivity index (χ0v) is 17.1. The smallest absolute Gasteiger partial charge is 0.343 e. The van der Waals surface area contributed by atoms with Crippen LogP contribution in [0, 0.1) is 0 Å². The van der Waals surface area contributed by atoms with E-state index >= 15 is 0 Å². The topological polar surface area (TPSA) is 79.8 Å². The molecule has 0 saturated heterocycles. The van der Waals surface area contributed by atoms with Crippen molar-refractivity contribution in [2.75, 3.05) is 11.9 Å². The number of anilines is 2. The third kappa shape index (κ3) is 4.94. The molecule has 4 aromatic rings. The first-order chi connectivity index (χ1) is 15.3. The number of nitrogens with one attached hydrogen (secondary N) is 2. The lowest BCUT2D eigenvalue weighted by Gasteiger charge is -2.15. The van der Waals surface area contributed by atoms with E-state index in [1.807, 2.05) is 5.32 Å². The Bertz CT molecular complexity index is 1280. The van der Waals surface area contributed by atoms with Crippen LogP contribution in [0.4, 0.5) is 24.7 Å². The van der Waals surface area contributed by atoms with Gasteiger partial charge in [-0.3, -0.25) is 9.78 Å². The third-order valence-electron chi connectivity index (χ3n) is 4.45. The minimum Gasteiger partial charge on any atom is -0.343 e. The predicted molar refractivity (Wildman–Crippen MR) is 116 cm³/mol. The largest absolute Gasteiger partial charge is 0.405 e. The number of carbonyl (C=O) groups is 1. The van der Waals surface area contributed by atoms with Crippen LogP contribution in [0.1, 0.15) is 10.4 Å². The molecule has 1 amide bonds. The number of para-hydroxylation sites is 1. The lowest BCUT2D eigenvalue weighted by Crippen LogP contribution is -2.34. The fourth-order valence-electron chi connectivity index (χ4n) is 3.01. The van der Waals surface area contributed by atoms with Crippen molar-refractivity contribution in [3.05, 3.63) is 77.6 Å². The second kappa shape index (κ2) is 8.80. The number of amides is 1. The summed E-state index contributed by atoms with van der Waals surface area (Å²) < 4.78 is 37.6. The predicted octanol–water partition coefficient (Wildman–Crippen LogP) is 5.38. The zero-order valence-electron chi connectivity index (χ0n) is 16.3. The van der Waals surface area contributed by atoms with Gasteiger partial charge in [-0.15, -0.1) is 0 Å². The number of rotatable bonds is 5. The van der Waals surface area contributed by atoms with E-state index in [1.165, 1.54) is 6.07 Å². The van der Waals surface area contributed by atoms with Crippen molar-refractivity contribution in [2.24, 2.45) is 0 Å². The van der Waals surface area contributed by atoms with Gasteiger partial charge >= 0.3 is 6.18 Å². The van der Waals surface area contributed by atoms with Crippen LogP contribution in [-0.4, -0.2) is 33.6 Å². The van der Waals surface area contributed by atoms with E-state index in [4.69, 9.17) is 11.6 Å². The van der Waals surface area contributed by atoms with Gasteiger partial charge in [0.15, 0.2) is 5.82 Å². The summed E-state index contributed by atoms with van der Waals surface area (Å²) in [4.78, 5) is 25.6. The van der Waals surface area contributed by atoms with Crippen LogP contribution in [0.5, 0.6) is 0 Å². The number of aromatic nitrogens is 3. The first-order valence-electron chi connectivity index (χ1n) is 9.39. The van der Waals surface area contributed by atoms with E-state index in [0.717, 1.165) is 0 Å². The molecule has 0 spiro atoms. The fourth-order valence-corrected chi connectivity index (χ4v) is 3.19. The highest BCUT2D eigenvalue weighted by atomic mass is 35.5. The van der Waals surface area contributed by atoms with Gasteiger partial charge in [-0.05, 0) is 42.5 Å². The molecule has 0 saturated carbocycles. The molecule has 2 aromatic carbocycles. The summed E-state index contributed by atoms with van der Waals surface area (Å²) in [5.74, 6) is -0.142. The highest BCUT2D eigenvalue weighted by Gasteiger charge is 2.28. The van der Waals surface area contributed by atoms with E-state index in [0.29, 0.717) is 33.1 Å². The SMILES string of the molecule is O=C(NCC(F)(F)F)c1ccccc1Nc1nc(-c2cccnc2)nc2ccc(Cl)cc12. The first kappa shape index (κ1) is 21.5. The van der Waals surface area contributed by atoms with E-state index < -0.39 is 18.6 Å². The van der Waals surface area contributed by atoms with Crippen molar-refractivity contribution in [1.82, 2.24) is 20.3 Å². The summed E-state index contributed by atoms with van der Waals surface area (Å²) in [6, 6.07) is 14.8. The van der Waals surface area contributed by atoms with Gasteiger partial charge in [0.05, 0.1) is 16.8 Å². The molecular formula is C22H15ClF3N5O. The summed E-state index contributed by atoms with van der Waals surface area (Å²) in [5.41, 5.74) is 1.58. The fraction of sp³-hybridized carbons (Fsp3) is 0.0909. The van der Waals surface area contributed by atoms with Crippen LogP contribution in [0.2, 0.25) is 5.02 Å². The van der Waals surface area contributed by atoms with Gasteiger partial charge in [0, 0.05) is 28.4 Å². The van der Waals surface area contributed by atoms with Crippen LogP contribution < -0.4 is 10.6 Å². The summed E-state index contributed by atoms with van der Waals surface area (Å²) in [6.45, 7) is -1.43. The quantitative estimate of drug-likeness (QED) is 0.420. The molecular weight excluding hydrogens is 443 g/mol. The van der Waals surface area contributed by atoms with E-state index in [-0.39, 0.29) is 11.3 Å². The zero-order chi connectivity index (χ0) is 22.7. The molecule has 162 valence electrons. The first-order valence-corrected chi connectivity index (χ1v) is 9.77. The number of pyridine rings is 1. The number of hydrogen-bond acceptors (Lipinski definition) is 5. The Labute approximate surface area is 185 Å². The average Bonchev–Trinajstić information content (AvgIpc) is 2.78. The van der Waals surface area contributed by atoms with Crippen LogP contribution in [0.3, 0.4) is 0 Å². The third-order valence-corrected chi connectivity index (χ3v) is 4.69. The van der Waals surface area contributed by atoms with Crippen LogP contribution in [-0.2, 0) is 0 Å². The molecule has 4 rings (SSSR count). The number of alkyl halides is 3. The molecule has 2 N–H and O–H groups in total. The number of benzene rings is 2. The van der Waals surface area contributed by atoms with Gasteiger partial charge < -0.3 is 10.6 Å². The van der Waals surface area contributed by atoms with Gasteiger partial charge in [0.2, 0.25) is 0 Å². The molecule has 0 radical (unpaired) electrons. The molecule has 10 heteroatoms. The summed E-state index contributed by atoms with van der Waals surface area (Å²) in [5, 5.41) is 5.97. The maximum atomic E-state index is 12.5. The molecule has 0 fully saturated rings. The van der Waals surface area contributed by atoms with Crippen molar-refractivity contribution in [3.63, 3.8) is 0 Å². The summed E-state index contributed by atoms with van der Waals surface area (Å²) >= 11 is 6.15. The average molecular weight is 458 g/mol. The molecule has 6 nitrogen and oxygen atoms in total. The highest BCUT2D eigenvalue weighted by molar-refractivity contribution is 6.31. The van der Waals surface area contributed by atoms with E-state index in [2.05, 4.69) is 20.3 Å². The van der Waals surface area contributed by atoms with Crippen molar-refractivity contribution >= 4 is 39.9 Å². The molecule has 0 unspecified atom stereocenters. The minimum atomic E-state index is -4.52. The molecule has 0 aliphatic heterocycles. The Kier molecular flexibility index (Phi) is 5.91. The van der Waals surface area contributed by atoms with Crippen molar-refractivity contribution in [2.45, 2.75) is 6.18 Å². The number of halogens is 4. The lowest BCUT2D eigenvalue weighted by atomic mass is 10.1. The number of carbonyl (C=O) groups excluding carboxylic acids is 1. The van der Waals surface area contributed by atoms with Gasteiger partial charge in [0.25, 0.3) is 5.91 Å². The second-order valence-corrected chi connectivity index (χ2v) is 7.20. The maximum absolute atomic E-state index is 12.5. The number of nitrogens with zero attached hydrogens (tertiary/aromatic N) is 3. The minimum absolute atomic E-state index is 0.0356. The molecule has 32 heavy (non-hydrogen) atoms. The van der Waals surface area contributed by atoms with Crippen molar-refractivity contribution in [3.8, 4) is 11.4 Å².